The van der Waals surface area contributed by atoms with Crippen molar-refractivity contribution < 1.29 is 53.1 Å². The van der Waals surface area contributed by atoms with E-state index >= 15 is 0 Å². The molecule has 14 nitrogen and oxygen atoms in total. The van der Waals surface area contributed by atoms with Crippen LogP contribution >= 0.6 is 0 Å². The van der Waals surface area contributed by atoms with Crippen molar-refractivity contribution in [2.45, 2.75) is 57.7 Å². The fraction of sp³-hybridized carbons (Fsp3) is 1.00. The van der Waals surface area contributed by atoms with Crippen LogP contribution in [0.1, 0.15) is 45.4 Å². The van der Waals surface area contributed by atoms with Gasteiger partial charge in [0, 0.05) is 84.2 Å². The first kappa shape index (κ1) is 40.5. The molecule has 44 heavy (non-hydrogen) atoms. The van der Waals surface area contributed by atoms with Gasteiger partial charge in [0.1, 0.15) is 0 Å². The largest absolute Gasteiger partial charge is 0.515 e. The highest BCUT2D eigenvalue weighted by Crippen LogP contribution is 2.29. The van der Waals surface area contributed by atoms with Gasteiger partial charge in [0.2, 0.25) is 0 Å². The lowest BCUT2D eigenvalue weighted by atomic mass is 9.96. The van der Waals surface area contributed by atoms with Gasteiger partial charge in [-0.15, -0.1) is 0 Å². The second-order valence-corrected chi connectivity index (χ2v) is 22.8. The lowest BCUT2D eigenvalue weighted by molar-refractivity contribution is -0.0285. The molecule has 262 valence electrons. The summed E-state index contributed by atoms with van der Waals surface area (Å²) in [5, 5.41) is 0. The number of rotatable bonds is 22. The molecule has 2 fully saturated rings. The van der Waals surface area contributed by atoms with E-state index in [2.05, 4.69) is 16.7 Å². The van der Waals surface area contributed by atoms with Gasteiger partial charge in [-0.1, -0.05) is 32.6 Å². The van der Waals surface area contributed by atoms with Crippen molar-refractivity contribution >= 4 is 35.2 Å². The molecule has 0 aliphatic carbocycles. The van der Waals surface area contributed by atoms with Crippen LogP contribution in [0.2, 0.25) is 0 Å². The molecule has 2 aliphatic heterocycles. The highest BCUT2D eigenvalue weighted by molar-refractivity contribution is 6.63. The molecule has 0 aromatic carbocycles. The Bertz CT molecular complexity index is 778. The van der Waals surface area contributed by atoms with Gasteiger partial charge in [0.05, 0.1) is 36.9 Å². The first-order valence-electron chi connectivity index (χ1n) is 15.4. The summed E-state index contributed by atoms with van der Waals surface area (Å²) in [6.07, 6.45) is 8.62. The van der Waals surface area contributed by atoms with Gasteiger partial charge in [0.25, 0.3) is 0 Å². The Morgan fingerprint density at radius 1 is 0.614 bits per heavy atom. The molecular formula is C26H60N2O12Si4. The van der Waals surface area contributed by atoms with E-state index in [9.17, 15) is 0 Å². The quantitative estimate of drug-likeness (QED) is 0.120. The average Bonchev–Trinajstić information content (AvgIpc) is 3.07. The molecule has 0 spiro atoms. The fourth-order valence-corrected chi connectivity index (χ4v) is 14.2. The minimum Gasteiger partial charge on any atom is -0.376 e. The van der Waals surface area contributed by atoms with E-state index in [0.29, 0.717) is 30.6 Å². The van der Waals surface area contributed by atoms with Crippen LogP contribution in [-0.4, -0.2) is 166 Å². The van der Waals surface area contributed by atoms with Gasteiger partial charge < -0.3 is 53.1 Å². The van der Waals surface area contributed by atoms with Crippen LogP contribution in [0.25, 0.3) is 0 Å². The average molecular weight is 705 g/mol. The topological polar surface area (TPSA) is 117 Å². The molecule has 0 radical (unpaired) electrons. The Balaban J connectivity index is 1.88. The second kappa shape index (κ2) is 19.3. The summed E-state index contributed by atoms with van der Waals surface area (Å²) < 4.78 is 70.4. The number of hydrogen-bond acceptors (Lipinski definition) is 14. The maximum absolute atomic E-state index is 6.53. The van der Waals surface area contributed by atoms with Crippen molar-refractivity contribution in [3.8, 4) is 0 Å². The van der Waals surface area contributed by atoms with Crippen molar-refractivity contribution in [1.29, 1.82) is 0 Å². The molecule has 2 rings (SSSR count). The predicted octanol–water partition coefficient (Wildman–Crippen LogP) is 1.74. The summed E-state index contributed by atoms with van der Waals surface area (Å²) >= 11 is 0. The van der Waals surface area contributed by atoms with E-state index in [-0.39, 0.29) is 12.2 Å². The summed E-state index contributed by atoms with van der Waals surface area (Å²) in [4.78, 5) is 4.52. The van der Waals surface area contributed by atoms with Gasteiger partial charge in [-0.2, -0.15) is 0 Å². The molecular weight excluding hydrogens is 645 g/mol. The van der Waals surface area contributed by atoms with Gasteiger partial charge >= 0.3 is 35.2 Å². The molecule has 2 aliphatic rings. The summed E-state index contributed by atoms with van der Waals surface area (Å²) in [5.74, 6) is 0.329. The maximum Gasteiger partial charge on any atom is 0.515 e. The third-order valence-electron chi connectivity index (χ3n) is 8.93. The van der Waals surface area contributed by atoms with Crippen LogP contribution in [0.3, 0.4) is 0 Å². The van der Waals surface area contributed by atoms with E-state index in [1.165, 1.54) is 0 Å². The van der Waals surface area contributed by atoms with Gasteiger partial charge in [-0.25, -0.2) is 0 Å². The smallest absolute Gasteiger partial charge is 0.376 e. The van der Waals surface area contributed by atoms with Crippen molar-refractivity contribution in [2.24, 2.45) is 5.92 Å². The van der Waals surface area contributed by atoms with E-state index < -0.39 is 35.2 Å². The minimum absolute atomic E-state index is 0.0104. The highest BCUT2D eigenvalue weighted by Gasteiger charge is 2.53. The van der Waals surface area contributed by atoms with Crippen LogP contribution < -0.4 is 0 Å². The molecule has 2 saturated heterocycles. The van der Waals surface area contributed by atoms with Crippen LogP contribution in [0.5, 0.6) is 0 Å². The van der Waals surface area contributed by atoms with Gasteiger partial charge in [-0.3, -0.25) is 9.80 Å². The Hall–Kier alpha value is 0.308. The molecule has 3 atom stereocenters. The molecule has 3 unspecified atom stereocenters. The zero-order valence-corrected chi connectivity index (χ0v) is 33.0. The van der Waals surface area contributed by atoms with Crippen molar-refractivity contribution in [3.05, 3.63) is 0 Å². The van der Waals surface area contributed by atoms with Gasteiger partial charge in [-0.05, 0) is 18.8 Å². The van der Waals surface area contributed by atoms with Crippen LogP contribution in [-0.2, 0) is 53.1 Å². The molecule has 0 amide bonds. The molecule has 0 N–H and O–H groups in total. The van der Waals surface area contributed by atoms with Crippen molar-refractivity contribution in [1.82, 2.24) is 9.80 Å². The number of unbranched alkanes of at least 4 members (excludes halogenated alkanes) is 3. The summed E-state index contributed by atoms with van der Waals surface area (Å²) in [6, 6.07) is 0. The predicted molar refractivity (Wildman–Crippen MR) is 173 cm³/mol. The van der Waals surface area contributed by atoms with Crippen LogP contribution in [0.4, 0.5) is 0 Å². The zero-order chi connectivity index (χ0) is 32.9. The fourth-order valence-electron chi connectivity index (χ4n) is 5.97. The van der Waals surface area contributed by atoms with E-state index in [0.717, 1.165) is 51.6 Å². The summed E-state index contributed by atoms with van der Waals surface area (Å²) in [5.41, 5.74) is 0. The highest BCUT2D eigenvalue weighted by atomic mass is 28.4. The third kappa shape index (κ3) is 10.9. The molecule has 0 saturated carbocycles. The lowest BCUT2D eigenvalue weighted by Gasteiger charge is -2.44. The minimum atomic E-state index is -2.86. The molecule has 0 aromatic rings. The first-order chi connectivity index (χ1) is 21.0. The Labute approximate surface area is 270 Å². The molecule has 0 bridgehead atoms. The van der Waals surface area contributed by atoms with E-state index in [4.69, 9.17) is 53.1 Å². The Morgan fingerprint density at radius 3 is 1.50 bits per heavy atom. The maximum atomic E-state index is 6.53. The zero-order valence-electron chi connectivity index (χ0n) is 29.0. The molecule has 2 heterocycles. The van der Waals surface area contributed by atoms with Crippen LogP contribution in [0, 0.1) is 5.92 Å². The van der Waals surface area contributed by atoms with Crippen molar-refractivity contribution in [2.75, 3.05) is 109 Å². The number of hydrogen-bond donors (Lipinski definition) is 0. The number of nitrogens with zero attached hydrogens (tertiary/aromatic N) is 2. The van der Waals surface area contributed by atoms with E-state index in [1.807, 2.05) is 0 Å². The summed E-state index contributed by atoms with van der Waals surface area (Å²) in [7, 11) is 5.18. The first-order valence-corrected chi connectivity index (χ1v) is 23.1. The summed E-state index contributed by atoms with van der Waals surface area (Å²) in [6.45, 7) is 3.75. The third-order valence-corrected chi connectivity index (χ3v) is 19.8. The van der Waals surface area contributed by atoms with E-state index in [1.54, 1.807) is 71.1 Å². The SMILES string of the molecule is CO[Si](CN1CC(CCCCCCC(C)C2CN(C[Si](OC)(OC)OC)C[Si](OC)(OC)O2)O[Si](OC)(OC)C1)(OC)OC. The van der Waals surface area contributed by atoms with Gasteiger partial charge in [0.15, 0.2) is 0 Å². The van der Waals surface area contributed by atoms with Crippen LogP contribution in [0.15, 0.2) is 0 Å². The normalized spacial score (nSPS) is 24.1. The monoisotopic (exact) mass is 704 g/mol. The Kier molecular flexibility index (Phi) is 17.8. The second-order valence-electron chi connectivity index (χ2n) is 11.5. The molecule has 0 aromatic heterocycles. The Morgan fingerprint density at radius 2 is 1.05 bits per heavy atom. The standard InChI is InChI=1S/C26H60N2O12Si4/c1-24(26-19-28(21-42(32-5,33-6)34-7)23-44(37-10,38-11)40-26)16-14-12-13-15-17-25-18-27(20-41(29-2,30-3)31-4)22-43(35-8,36-9)39-25/h24-26H,12-23H2,1-11H3. The molecule has 18 heteroatoms. The lowest BCUT2D eigenvalue weighted by Crippen LogP contribution is -2.66. The van der Waals surface area contributed by atoms with Crippen molar-refractivity contribution in [3.63, 3.8) is 0 Å².